The second-order valence-electron chi connectivity index (χ2n) is 4.31. The van der Waals surface area contributed by atoms with E-state index in [0.29, 0.717) is 0 Å². The van der Waals surface area contributed by atoms with Crippen molar-refractivity contribution in [2.75, 3.05) is 0 Å². The highest BCUT2D eigenvalue weighted by Crippen LogP contribution is 2.17. The summed E-state index contributed by atoms with van der Waals surface area (Å²) in [5, 5.41) is 14.0. The van der Waals surface area contributed by atoms with Gasteiger partial charge in [0.1, 0.15) is 6.04 Å². The molecule has 108 valence electrons. The molecular formula is C14H17BrN2O3. The van der Waals surface area contributed by atoms with Crippen LogP contribution < -0.4 is 10.6 Å². The monoisotopic (exact) mass is 340 g/mol. The summed E-state index contributed by atoms with van der Waals surface area (Å²) in [5.74, 6) is -1.09. The van der Waals surface area contributed by atoms with Crippen LogP contribution in [0.25, 0.3) is 0 Å². The number of carbonyl (C=O) groups excluding carboxylic acids is 1. The highest BCUT2D eigenvalue weighted by atomic mass is 79.9. The Hall–Kier alpha value is -1.82. The van der Waals surface area contributed by atoms with Gasteiger partial charge in [-0.2, -0.15) is 0 Å². The molecule has 2 amide bonds. The molecule has 0 radical (unpaired) electrons. The van der Waals surface area contributed by atoms with Crippen molar-refractivity contribution >= 4 is 27.9 Å². The van der Waals surface area contributed by atoms with Crippen LogP contribution >= 0.6 is 15.9 Å². The number of carboxylic acid groups (broad SMARTS) is 1. The smallest absolute Gasteiger partial charge is 0.326 e. The maximum atomic E-state index is 11.8. The molecule has 0 bridgehead atoms. The number of hydrogen-bond donors (Lipinski definition) is 3. The molecule has 1 aromatic carbocycles. The number of rotatable bonds is 6. The van der Waals surface area contributed by atoms with Crippen molar-refractivity contribution in [2.24, 2.45) is 0 Å². The predicted molar refractivity (Wildman–Crippen MR) is 80.5 cm³/mol. The Morgan fingerprint density at radius 2 is 2.15 bits per heavy atom. The molecule has 1 aromatic rings. The van der Waals surface area contributed by atoms with Gasteiger partial charge in [-0.15, -0.1) is 6.58 Å². The number of carbonyl (C=O) groups is 2. The van der Waals surface area contributed by atoms with Crippen LogP contribution in [0.2, 0.25) is 0 Å². The quantitative estimate of drug-likeness (QED) is 0.696. The van der Waals surface area contributed by atoms with Crippen molar-refractivity contribution in [3.8, 4) is 0 Å². The number of benzene rings is 1. The van der Waals surface area contributed by atoms with E-state index in [-0.39, 0.29) is 12.5 Å². The molecular weight excluding hydrogens is 324 g/mol. The highest BCUT2D eigenvalue weighted by Gasteiger charge is 2.19. The Morgan fingerprint density at radius 1 is 1.45 bits per heavy atom. The van der Waals surface area contributed by atoms with E-state index in [1.54, 1.807) is 0 Å². The zero-order valence-electron chi connectivity index (χ0n) is 11.1. The second-order valence-corrected chi connectivity index (χ2v) is 5.23. The molecule has 6 heteroatoms. The molecule has 0 spiro atoms. The van der Waals surface area contributed by atoms with Gasteiger partial charge in [0, 0.05) is 4.47 Å². The first kappa shape index (κ1) is 16.2. The maximum Gasteiger partial charge on any atom is 0.326 e. The van der Waals surface area contributed by atoms with E-state index in [0.717, 1.165) is 10.0 Å². The molecule has 0 fully saturated rings. The minimum atomic E-state index is -1.09. The van der Waals surface area contributed by atoms with E-state index in [1.807, 2.05) is 31.2 Å². The van der Waals surface area contributed by atoms with E-state index >= 15 is 0 Å². The summed E-state index contributed by atoms with van der Waals surface area (Å²) in [7, 11) is 0. The molecule has 2 atom stereocenters. The fourth-order valence-electron chi connectivity index (χ4n) is 1.64. The highest BCUT2D eigenvalue weighted by molar-refractivity contribution is 9.10. The van der Waals surface area contributed by atoms with Gasteiger partial charge in [-0.1, -0.05) is 34.1 Å². The normalized spacial score (nSPS) is 13.1. The first-order valence-electron chi connectivity index (χ1n) is 6.10. The number of urea groups is 1. The molecule has 3 N–H and O–H groups in total. The molecule has 5 nitrogen and oxygen atoms in total. The molecule has 2 unspecified atom stereocenters. The third-order valence-electron chi connectivity index (χ3n) is 2.70. The molecule has 0 saturated heterocycles. The number of amides is 2. The first-order valence-corrected chi connectivity index (χ1v) is 6.89. The number of aliphatic carboxylic acids is 1. The van der Waals surface area contributed by atoms with Gasteiger partial charge in [0.25, 0.3) is 0 Å². The summed E-state index contributed by atoms with van der Waals surface area (Å²) in [6.07, 6.45) is 1.63. The average molecular weight is 341 g/mol. The van der Waals surface area contributed by atoms with E-state index in [4.69, 9.17) is 5.11 Å². The van der Waals surface area contributed by atoms with E-state index in [9.17, 15) is 9.59 Å². The van der Waals surface area contributed by atoms with Gasteiger partial charge >= 0.3 is 12.0 Å². The largest absolute Gasteiger partial charge is 0.480 e. The zero-order chi connectivity index (χ0) is 15.1. The summed E-state index contributed by atoms with van der Waals surface area (Å²) >= 11 is 3.36. The van der Waals surface area contributed by atoms with E-state index < -0.39 is 18.0 Å². The predicted octanol–water partition coefficient (Wildman–Crippen LogP) is 2.84. The van der Waals surface area contributed by atoms with Crippen molar-refractivity contribution < 1.29 is 14.7 Å². The maximum absolute atomic E-state index is 11.8. The summed E-state index contributed by atoms with van der Waals surface area (Å²) in [6.45, 7) is 5.29. The van der Waals surface area contributed by atoms with Crippen molar-refractivity contribution in [1.29, 1.82) is 0 Å². The van der Waals surface area contributed by atoms with Gasteiger partial charge < -0.3 is 15.7 Å². The summed E-state index contributed by atoms with van der Waals surface area (Å²) < 4.78 is 0.916. The van der Waals surface area contributed by atoms with Crippen molar-refractivity contribution in [2.45, 2.75) is 25.4 Å². The summed E-state index contributed by atoms with van der Waals surface area (Å²) in [6, 6.07) is 5.81. The first-order chi connectivity index (χ1) is 9.43. The second kappa shape index (κ2) is 7.69. The lowest BCUT2D eigenvalue weighted by atomic mass is 10.1. The van der Waals surface area contributed by atoms with Crippen LogP contribution in [0.1, 0.15) is 24.9 Å². The van der Waals surface area contributed by atoms with Crippen LogP contribution in [0.4, 0.5) is 4.79 Å². The zero-order valence-corrected chi connectivity index (χ0v) is 12.7. The standard InChI is InChI=1S/C14H17BrN2O3/c1-3-5-12(13(18)19)17-14(20)16-9(2)10-6-4-7-11(15)8-10/h3-4,6-9,12H,1,5H2,2H3,(H,18,19)(H2,16,17,20). The van der Waals surface area contributed by atoms with Crippen LogP contribution in [0.3, 0.4) is 0 Å². The fraction of sp³-hybridized carbons (Fsp3) is 0.286. The summed E-state index contributed by atoms with van der Waals surface area (Å²) in [5.41, 5.74) is 0.921. The Labute approximate surface area is 126 Å². The van der Waals surface area contributed by atoms with Crippen molar-refractivity contribution in [1.82, 2.24) is 10.6 Å². The summed E-state index contributed by atoms with van der Waals surface area (Å²) in [4.78, 5) is 22.7. The number of halogens is 1. The van der Waals surface area contributed by atoms with Gasteiger partial charge in [-0.05, 0) is 31.0 Å². The number of carboxylic acids is 1. The van der Waals surface area contributed by atoms with Crippen LogP contribution in [0.15, 0.2) is 41.4 Å². The lowest BCUT2D eigenvalue weighted by Crippen LogP contribution is -2.46. The van der Waals surface area contributed by atoms with Gasteiger partial charge in [-0.25, -0.2) is 9.59 Å². The average Bonchev–Trinajstić information content (AvgIpc) is 2.38. The number of nitrogens with one attached hydrogen (secondary N) is 2. The van der Waals surface area contributed by atoms with Crippen LogP contribution in [-0.4, -0.2) is 23.1 Å². The van der Waals surface area contributed by atoms with Crippen LogP contribution in [-0.2, 0) is 4.79 Å². The lowest BCUT2D eigenvalue weighted by Gasteiger charge is -2.18. The van der Waals surface area contributed by atoms with Crippen LogP contribution in [0, 0.1) is 0 Å². The molecule has 20 heavy (non-hydrogen) atoms. The third-order valence-corrected chi connectivity index (χ3v) is 3.20. The van der Waals surface area contributed by atoms with Crippen molar-refractivity contribution in [3.63, 3.8) is 0 Å². The fourth-order valence-corrected chi connectivity index (χ4v) is 2.06. The van der Waals surface area contributed by atoms with Gasteiger partial charge in [0.2, 0.25) is 0 Å². The third kappa shape index (κ3) is 5.05. The van der Waals surface area contributed by atoms with Crippen molar-refractivity contribution in [3.05, 3.63) is 47.0 Å². The minimum Gasteiger partial charge on any atom is -0.480 e. The van der Waals surface area contributed by atoms with E-state index in [2.05, 4.69) is 33.1 Å². The lowest BCUT2D eigenvalue weighted by molar-refractivity contribution is -0.139. The Bertz CT molecular complexity index is 505. The van der Waals surface area contributed by atoms with Gasteiger partial charge in [0.05, 0.1) is 6.04 Å². The van der Waals surface area contributed by atoms with E-state index in [1.165, 1.54) is 6.08 Å². The SMILES string of the molecule is C=CCC(NC(=O)NC(C)c1cccc(Br)c1)C(=O)O. The molecule has 0 aliphatic rings. The Kier molecular flexibility index (Phi) is 6.24. The Balaban J connectivity index is 2.61. The molecule has 0 aromatic heterocycles. The molecule has 1 rings (SSSR count). The molecule has 0 heterocycles. The topological polar surface area (TPSA) is 78.4 Å². The minimum absolute atomic E-state index is 0.175. The van der Waals surface area contributed by atoms with Crippen LogP contribution in [0.5, 0.6) is 0 Å². The molecule has 0 saturated carbocycles. The van der Waals surface area contributed by atoms with Gasteiger partial charge in [-0.3, -0.25) is 0 Å². The van der Waals surface area contributed by atoms with Gasteiger partial charge in [0.15, 0.2) is 0 Å². The molecule has 0 aliphatic heterocycles. The molecule has 0 aliphatic carbocycles. The Morgan fingerprint density at radius 3 is 2.70 bits per heavy atom. The number of hydrogen-bond acceptors (Lipinski definition) is 2.